The molecule has 28 heavy (non-hydrogen) atoms. The number of allylic oxidation sites excluding steroid dienone is 2. The molecule has 3 atom stereocenters. The first-order valence-corrected chi connectivity index (χ1v) is 10.1. The van der Waals surface area contributed by atoms with E-state index in [-0.39, 0.29) is 12.1 Å². The highest BCUT2D eigenvalue weighted by Gasteiger charge is 2.40. The van der Waals surface area contributed by atoms with Gasteiger partial charge in [-0.15, -0.1) is 0 Å². The predicted octanol–water partition coefficient (Wildman–Crippen LogP) is 6.16. The van der Waals surface area contributed by atoms with Gasteiger partial charge in [0, 0.05) is 11.5 Å². The van der Waals surface area contributed by atoms with Crippen LogP contribution in [-0.4, -0.2) is 11.2 Å². The van der Waals surface area contributed by atoms with E-state index in [4.69, 9.17) is 4.74 Å². The van der Waals surface area contributed by atoms with Gasteiger partial charge < -0.3 is 15.2 Å². The van der Waals surface area contributed by atoms with Gasteiger partial charge in [-0.1, -0.05) is 54.6 Å². The normalized spacial score (nSPS) is 22.8. The average Bonchev–Trinajstić information content (AvgIpc) is 3.18. The highest BCUT2D eigenvalue weighted by Crippen LogP contribution is 2.54. The Hall–Kier alpha value is -2.94. The summed E-state index contributed by atoms with van der Waals surface area (Å²) >= 11 is 0. The molecule has 1 aliphatic carbocycles. The maximum atomic E-state index is 10.9. The van der Waals surface area contributed by atoms with Crippen LogP contribution in [0.3, 0.4) is 0 Å². The lowest BCUT2D eigenvalue weighted by molar-refractivity contribution is 0.242. The second-order valence-electron chi connectivity index (χ2n) is 8.08. The van der Waals surface area contributed by atoms with Crippen LogP contribution in [0.4, 0.5) is 5.69 Å². The fourth-order valence-corrected chi connectivity index (χ4v) is 4.84. The van der Waals surface area contributed by atoms with Crippen LogP contribution in [0.25, 0.3) is 10.8 Å². The highest BCUT2D eigenvalue weighted by atomic mass is 16.5. The number of hydrogen-bond acceptors (Lipinski definition) is 3. The molecule has 0 radical (unpaired) electrons. The first-order chi connectivity index (χ1) is 13.6. The predicted molar refractivity (Wildman–Crippen MR) is 114 cm³/mol. The van der Waals surface area contributed by atoms with Crippen LogP contribution in [-0.2, 0) is 0 Å². The van der Waals surface area contributed by atoms with Crippen molar-refractivity contribution in [3.8, 4) is 11.5 Å². The smallest absolute Gasteiger partial charge is 0.143 e. The fraction of sp³-hybridized carbons (Fsp3) is 0.280. The molecule has 2 aliphatic rings. The molecule has 1 aliphatic heterocycles. The molecule has 0 bridgehead atoms. The zero-order chi connectivity index (χ0) is 19.3. The molecule has 3 aromatic rings. The van der Waals surface area contributed by atoms with Crippen molar-refractivity contribution in [1.82, 2.24) is 0 Å². The van der Waals surface area contributed by atoms with Gasteiger partial charge in [-0.2, -0.15) is 0 Å². The Balaban J connectivity index is 1.69. The maximum Gasteiger partial charge on any atom is 0.143 e. The number of para-hydroxylation sites is 1. The van der Waals surface area contributed by atoms with E-state index in [1.54, 1.807) is 0 Å². The number of aromatic hydroxyl groups is 1. The van der Waals surface area contributed by atoms with E-state index in [2.05, 4.69) is 55.6 Å². The van der Waals surface area contributed by atoms with Gasteiger partial charge >= 0.3 is 0 Å². The lowest BCUT2D eigenvalue weighted by atomic mass is 9.76. The Morgan fingerprint density at radius 1 is 1.04 bits per heavy atom. The SMILES string of the molecule is CC(C)Oc1cccc2c1NC(c1c(O)ccc3ccccc13)C1CC=CC21. The van der Waals surface area contributed by atoms with Crippen molar-refractivity contribution in [1.29, 1.82) is 0 Å². The molecule has 0 amide bonds. The molecule has 3 heteroatoms. The van der Waals surface area contributed by atoms with Crippen molar-refractivity contribution in [3.63, 3.8) is 0 Å². The molecule has 5 rings (SSSR count). The molecule has 3 unspecified atom stereocenters. The van der Waals surface area contributed by atoms with Crippen molar-refractivity contribution in [2.24, 2.45) is 5.92 Å². The van der Waals surface area contributed by atoms with Gasteiger partial charge in [-0.3, -0.25) is 0 Å². The first-order valence-electron chi connectivity index (χ1n) is 10.1. The minimum absolute atomic E-state index is 0.0236. The number of rotatable bonds is 3. The molecule has 1 heterocycles. The van der Waals surface area contributed by atoms with Crippen LogP contribution in [0.1, 0.15) is 43.4 Å². The largest absolute Gasteiger partial charge is 0.508 e. The van der Waals surface area contributed by atoms with Crippen LogP contribution in [0.2, 0.25) is 0 Å². The molecule has 3 nitrogen and oxygen atoms in total. The number of anilines is 1. The van der Waals surface area contributed by atoms with Crippen molar-refractivity contribution in [2.45, 2.75) is 38.3 Å². The molecule has 0 fully saturated rings. The summed E-state index contributed by atoms with van der Waals surface area (Å²) in [6, 6.07) is 18.4. The number of hydrogen-bond donors (Lipinski definition) is 2. The summed E-state index contributed by atoms with van der Waals surface area (Å²) < 4.78 is 6.11. The van der Waals surface area contributed by atoms with Gasteiger partial charge in [0.2, 0.25) is 0 Å². The Morgan fingerprint density at radius 2 is 1.89 bits per heavy atom. The summed E-state index contributed by atoms with van der Waals surface area (Å²) in [5, 5.41) is 16.9. The standard InChI is InChI=1S/C25H25NO2/c1-15(2)28-22-12-6-11-19-18-9-5-10-20(18)25(26-24(19)22)23-17-8-4-3-7-16(17)13-14-21(23)27/h3-9,11-15,18,20,25-27H,10H2,1-2H3. The molecular weight excluding hydrogens is 346 g/mol. The monoisotopic (exact) mass is 371 g/mol. The van der Waals surface area contributed by atoms with Crippen molar-refractivity contribution in [2.75, 3.05) is 5.32 Å². The van der Waals surface area contributed by atoms with Gasteiger partial charge in [0.25, 0.3) is 0 Å². The van der Waals surface area contributed by atoms with Crippen LogP contribution in [0, 0.1) is 5.92 Å². The summed E-state index contributed by atoms with van der Waals surface area (Å²) in [6.45, 7) is 4.10. The number of nitrogens with one attached hydrogen (secondary N) is 1. The van der Waals surface area contributed by atoms with Crippen LogP contribution < -0.4 is 10.1 Å². The van der Waals surface area contributed by atoms with E-state index in [1.807, 2.05) is 30.3 Å². The van der Waals surface area contributed by atoms with E-state index >= 15 is 0 Å². The van der Waals surface area contributed by atoms with Gasteiger partial charge in [0.1, 0.15) is 11.5 Å². The van der Waals surface area contributed by atoms with Crippen molar-refractivity contribution in [3.05, 3.63) is 77.9 Å². The van der Waals surface area contributed by atoms with E-state index in [1.165, 1.54) is 5.56 Å². The quantitative estimate of drug-likeness (QED) is 0.542. The maximum absolute atomic E-state index is 10.9. The molecule has 3 aromatic carbocycles. The molecule has 0 spiro atoms. The van der Waals surface area contributed by atoms with Gasteiger partial charge in [-0.25, -0.2) is 0 Å². The zero-order valence-electron chi connectivity index (χ0n) is 16.2. The lowest BCUT2D eigenvalue weighted by Gasteiger charge is -2.39. The summed E-state index contributed by atoms with van der Waals surface area (Å²) in [6.07, 6.45) is 5.70. The number of fused-ring (bicyclic) bond motifs is 4. The van der Waals surface area contributed by atoms with Crippen LogP contribution in [0.15, 0.2) is 66.7 Å². The summed E-state index contributed by atoms with van der Waals surface area (Å²) in [7, 11) is 0. The first kappa shape index (κ1) is 17.2. The number of ether oxygens (including phenoxy) is 1. The van der Waals surface area contributed by atoms with Crippen LogP contribution in [0.5, 0.6) is 11.5 Å². The number of phenolic OH excluding ortho intramolecular Hbond substituents is 1. The topological polar surface area (TPSA) is 41.5 Å². The molecular formula is C25H25NO2. The van der Waals surface area contributed by atoms with E-state index in [0.717, 1.165) is 34.2 Å². The van der Waals surface area contributed by atoms with E-state index in [9.17, 15) is 5.11 Å². The number of phenols is 1. The molecule has 2 N–H and O–H groups in total. The third kappa shape index (κ3) is 2.65. The second kappa shape index (κ2) is 6.59. The Labute approximate surface area is 165 Å². The second-order valence-corrected chi connectivity index (χ2v) is 8.08. The lowest BCUT2D eigenvalue weighted by Crippen LogP contribution is -2.30. The number of benzene rings is 3. The molecule has 142 valence electrons. The highest BCUT2D eigenvalue weighted by molar-refractivity contribution is 5.89. The Kier molecular flexibility index (Phi) is 4.04. The van der Waals surface area contributed by atoms with Crippen molar-refractivity contribution >= 4 is 16.5 Å². The van der Waals surface area contributed by atoms with Gasteiger partial charge in [0.15, 0.2) is 0 Å². The third-order valence-corrected chi connectivity index (χ3v) is 5.98. The Morgan fingerprint density at radius 3 is 2.75 bits per heavy atom. The van der Waals surface area contributed by atoms with Gasteiger partial charge in [0.05, 0.1) is 17.8 Å². The van der Waals surface area contributed by atoms with E-state index in [0.29, 0.717) is 17.6 Å². The average molecular weight is 371 g/mol. The fourth-order valence-electron chi connectivity index (χ4n) is 4.84. The molecule has 0 saturated carbocycles. The van der Waals surface area contributed by atoms with E-state index < -0.39 is 0 Å². The summed E-state index contributed by atoms with van der Waals surface area (Å²) in [4.78, 5) is 0. The summed E-state index contributed by atoms with van der Waals surface area (Å²) in [5.74, 6) is 1.94. The third-order valence-electron chi connectivity index (χ3n) is 5.98. The molecule has 0 saturated heterocycles. The zero-order valence-corrected chi connectivity index (χ0v) is 16.2. The van der Waals surface area contributed by atoms with Crippen molar-refractivity contribution < 1.29 is 9.84 Å². The summed E-state index contributed by atoms with van der Waals surface area (Å²) in [5.41, 5.74) is 3.33. The molecule has 0 aromatic heterocycles. The minimum Gasteiger partial charge on any atom is -0.508 e. The Bertz CT molecular complexity index is 1070. The minimum atomic E-state index is 0.0236. The van der Waals surface area contributed by atoms with Gasteiger partial charge in [-0.05, 0) is 54.7 Å². The van der Waals surface area contributed by atoms with Crippen LogP contribution >= 0.6 is 0 Å².